The molecule has 0 aliphatic carbocycles. The maximum atomic E-state index is 11.4. The Bertz CT molecular complexity index is 233. The second kappa shape index (κ2) is 6.40. The van der Waals surface area contributed by atoms with Crippen LogP contribution in [0, 0.1) is 11.8 Å². The number of hydrogen-bond acceptors (Lipinski definition) is 2. The van der Waals surface area contributed by atoms with Gasteiger partial charge in [-0.15, -0.1) is 0 Å². The van der Waals surface area contributed by atoms with Gasteiger partial charge in [-0.05, 0) is 24.7 Å². The predicted octanol–water partition coefficient (Wildman–Crippen LogP) is 2.00. The van der Waals surface area contributed by atoms with E-state index >= 15 is 0 Å². The number of sulfonamides is 1. The average molecular weight is 221 g/mol. The van der Waals surface area contributed by atoms with Crippen LogP contribution in [0.25, 0.3) is 0 Å². The van der Waals surface area contributed by atoms with Gasteiger partial charge in [-0.25, -0.2) is 13.1 Å². The third kappa shape index (κ3) is 8.51. The highest BCUT2D eigenvalue weighted by molar-refractivity contribution is 7.89. The lowest BCUT2D eigenvalue weighted by atomic mass is 10.1. The Kier molecular flexibility index (Phi) is 6.36. The zero-order valence-electron chi connectivity index (χ0n) is 9.71. The summed E-state index contributed by atoms with van der Waals surface area (Å²) in [6, 6.07) is 0. The fourth-order valence-corrected chi connectivity index (χ4v) is 2.69. The normalized spacial score (nSPS) is 12.7. The highest BCUT2D eigenvalue weighted by Gasteiger charge is 2.11. The molecule has 0 saturated carbocycles. The molecule has 0 aromatic heterocycles. The van der Waals surface area contributed by atoms with Gasteiger partial charge in [0.25, 0.3) is 0 Å². The third-order valence-corrected chi connectivity index (χ3v) is 3.58. The molecule has 86 valence electrons. The van der Waals surface area contributed by atoms with Crippen LogP contribution in [0.3, 0.4) is 0 Å². The molecule has 1 N–H and O–H groups in total. The average Bonchev–Trinajstić information content (AvgIpc) is 1.95. The van der Waals surface area contributed by atoms with E-state index in [1.165, 1.54) is 0 Å². The van der Waals surface area contributed by atoms with Gasteiger partial charge in [-0.2, -0.15) is 0 Å². The van der Waals surface area contributed by atoms with Gasteiger partial charge >= 0.3 is 0 Å². The van der Waals surface area contributed by atoms with Crippen molar-refractivity contribution in [2.45, 2.75) is 40.5 Å². The van der Waals surface area contributed by atoms with Crippen LogP contribution >= 0.6 is 0 Å². The van der Waals surface area contributed by atoms with Crippen LogP contribution in [0.2, 0.25) is 0 Å². The van der Waals surface area contributed by atoms with Crippen LogP contribution in [-0.2, 0) is 10.0 Å². The molecule has 0 aromatic rings. The molecule has 0 aliphatic heterocycles. The van der Waals surface area contributed by atoms with Gasteiger partial charge in [0.15, 0.2) is 0 Å². The van der Waals surface area contributed by atoms with Gasteiger partial charge in [-0.3, -0.25) is 0 Å². The molecule has 0 aliphatic rings. The van der Waals surface area contributed by atoms with E-state index in [2.05, 4.69) is 18.6 Å². The quantitative estimate of drug-likeness (QED) is 0.668. The van der Waals surface area contributed by atoms with E-state index < -0.39 is 10.0 Å². The Morgan fingerprint density at radius 3 is 2.07 bits per heavy atom. The molecule has 0 atom stereocenters. The predicted molar refractivity (Wildman–Crippen MR) is 60.7 cm³/mol. The summed E-state index contributed by atoms with van der Waals surface area (Å²) in [5, 5.41) is 0. The standard InChI is InChI=1S/C10H23NO2S/c1-9(2)6-5-7-11-14(12,13)8-10(3)4/h9-11H,5-8H2,1-4H3. The molecule has 4 heteroatoms. The zero-order chi connectivity index (χ0) is 11.2. The van der Waals surface area contributed by atoms with Crippen molar-refractivity contribution in [3.05, 3.63) is 0 Å². The van der Waals surface area contributed by atoms with Gasteiger partial charge in [0.2, 0.25) is 10.0 Å². The highest BCUT2D eigenvalue weighted by atomic mass is 32.2. The minimum atomic E-state index is -3.03. The monoisotopic (exact) mass is 221 g/mol. The van der Waals surface area contributed by atoms with E-state index in [1.54, 1.807) is 0 Å². The summed E-state index contributed by atoms with van der Waals surface area (Å²) < 4.78 is 25.4. The van der Waals surface area contributed by atoms with Crippen molar-refractivity contribution in [2.75, 3.05) is 12.3 Å². The molecule has 0 spiro atoms. The van der Waals surface area contributed by atoms with Gasteiger partial charge in [0.1, 0.15) is 0 Å². The maximum Gasteiger partial charge on any atom is 0.211 e. The van der Waals surface area contributed by atoms with Gasteiger partial charge in [0, 0.05) is 6.54 Å². The molecule has 0 bridgehead atoms. The first-order valence-electron chi connectivity index (χ1n) is 5.31. The molecular formula is C10H23NO2S. The Hall–Kier alpha value is -0.0900. The SMILES string of the molecule is CC(C)CCCNS(=O)(=O)CC(C)C. The van der Waals surface area contributed by atoms with Gasteiger partial charge in [-0.1, -0.05) is 27.7 Å². The highest BCUT2D eigenvalue weighted by Crippen LogP contribution is 2.03. The molecule has 0 heterocycles. The second-order valence-corrected chi connectivity index (χ2v) is 6.46. The summed E-state index contributed by atoms with van der Waals surface area (Å²) in [7, 11) is -3.03. The topological polar surface area (TPSA) is 46.2 Å². The van der Waals surface area contributed by atoms with Crippen molar-refractivity contribution >= 4 is 10.0 Å². The van der Waals surface area contributed by atoms with Crippen LogP contribution in [0.5, 0.6) is 0 Å². The molecule has 0 radical (unpaired) electrons. The Labute approximate surface area is 88.3 Å². The van der Waals surface area contributed by atoms with Crippen molar-refractivity contribution in [3.8, 4) is 0 Å². The van der Waals surface area contributed by atoms with Crippen LogP contribution in [0.1, 0.15) is 40.5 Å². The van der Waals surface area contributed by atoms with E-state index in [1.807, 2.05) is 13.8 Å². The summed E-state index contributed by atoms with van der Waals surface area (Å²) in [6.07, 6.45) is 2.00. The Balaban J connectivity index is 3.67. The number of rotatable bonds is 7. The summed E-state index contributed by atoms with van der Waals surface area (Å²) >= 11 is 0. The van der Waals surface area contributed by atoms with Crippen LogP contribution in [-0.4, -0.2) is 20.7 Å². The molecule has 0 rings (SSSR count). The van der Waals surface area contributed by atoms with Crippen LogP contribution < -0.4 is 4.72 Å². The van der Waals surface area contributed by atoms with E-state index in [0.717, 1.165) is 12.8 Å². The largest absolute Gasteiger partial charge is 0.215 e. The second-order valence-electron chi connectivity index (χ2n) is 4.61. The molecule has 3 nitrogen and oxygen atoms in total. The van der Waals surface area contributed by atoms with Crippen molar-refractivity contribution < 1.29 is 8.42 Å². The minimum Gasteiger partial charge on any atom is -0.215 e. The molecule has 0 aromatic carbocycles. The van der Waals surface area contributed by atoms with Crippen molar-refractivity contribution in [1.82, 2.24) is 4.72 Å². The number of nitrogens with one attached hydrogen (secondary N) is 1. The molecular weight excluding hydrogens is 198 g/mol. The molecule has 0 amide bonds. The summed E-state index contributed by atoms with van der Waals surface area (Å²) in [4.78, 5) is 0. The van der Waals surface area contributed by atoms with Crippen molar-refractivity contribution in [2.24, 2.45) is 11.8 Å². The summed E-state index contributed by atoms with van der Waals surface area (Å²) in [6.45, 7) is 8.68. The number of hydrogen-bond donors (Lipinski definition) is 1. The van der Waals surface area contributed by atoms with E-state index in [4.69, 9.17) is 0 Å². The zero-order valence-corrected chi connectivity index (χ0v) is 10.5. The van der Waals surface area contributed by atoms with E-state index in [0.29, 0.717) is 12.5 Å². The molecule has 14 heavy (non-hydrogen) atoms. The smallest absolute Gasteiger partial charge is 0.211 e. The Morgan fingerprint density at radius 1 is 1.07 bits per heavy atom. The van der Waals surface area contributed by atoms with Gasteiger partial charge < -0.3 is 0 Å². The molecule has 0 unspecified atom stereocenters. The molecule has 0 saturated heterocycles. The first-order valence-corrected chi connectivity index (χ1v) is 6.96. The lowest BCUT2D eigenvalue weighted by Crippen LogP contribution is -2.29. The van der Waals surface area contributed by atoms with E-state index in [9.17, 15) is 8.42 Å². The summed E-state index contributed by atoms with van der Waals surface area (Å²) in [5.41, 5.74) is 0. The lowest BCUT2D eigenvalue weighted by Gasteiger charge is -2.09. The Morgan fingerprint density at radius 2 is 1.64 bits per heavy atom. The lowest BCUT2D eigenvalue weighted by molar-refractivity contribution is 0.535. The van der Waals surface area contributed by atoms with Crippen LogP contribution in [0.15, 0.2) is 0 Å². The minimum absolute atomic E-state index is 0.192. The fourth-order valence-electron chi connectivity index (χ4n) is 1.24. The van der Waals surface area contributed by atoms with Crippen molar-refractivity contribution in [1.29, 1.82) is 0 Å². The van der Waals surface area contributed by atoms with Gasteiger partial charge in [0.05, 0.1) is 5.75 Å². The first kappa shape index (κ1) is 13.9. The third-order valence-electron chi connectivity index (χ3n) is 1.83. The fraction of sp³-hybridized carbons (Fsp3) is 1.00. The first-order chi connectivity index (χ1) is 6.33. The van der Waals surface area contributed by atoms with Crippen molar-refractivity contribution in [3.63, 3.8) is 0 Å². The summed E-state index contributed by atoms with van der Waals surface area (Å²) in [5.74, 6) is 1.07. The molecule has 0 fully saturated rings. The van der Waals surface area contributed by atoms with E-state index in [-0.39, 0.29) is 11.7 Å². The maximum absolute atomic E-state index is 11.4. The van der Waals surface area contributed by atoms with Crippen LogP contribution in [0.4, 0.5) is 0 Å².